The highest BCUT2D eigenvalue weighted by molar-refractivity contribution is 5.79. The first kappa shape index (κ1) is 18.2. The zero-order valence-electron chi connectivity index (χ0n) is 17.0. The number of fused-ring (bicyclic) bond motifs is 4. The van der Waals surface area contributed by atoms with Crippen LogP contribution in [0.3, 0.4) is 0 Å². The van der Waals surface area contributed by atoms with Gasteiger partial charge in [0.25, 0.3) is 0 Å². The lowest BCUT2D eigenvalue weighted by molar-refractivity contribution is 0.0915. The van der Waals surface area contributed by atoms with Crippen molar-refractivity contribution in [2.24, 2.45) is 0 Å². The Morgan fingerprint density at radius 1 is 0.968 bits per heavy atom. The van der Waals surface area contributed by atoms with E-state index in [1.165, 1.54) is 22.3 Å². The van der Waals surface area contributed by atoms with E-state index in [2.05, 4.69) is 41.4 Å². The summed E-state index contributed by atoms with van der Waals surface area (Å²) in [6, 6.07) is 24.2. The SMILES string of the molecule is O=C(OCC1c2ccccc2-c2ccccc21)N1CCC[C@H]1c1nc2ccccc2o1. The number of hydrogen-bond acceptors (Lipinski definition) is 4. The van der Waals surface area contributed by atoms with Gasteiger partial charge in [-0.2, -0.15) is 0 Å². The van der Waals surface area contributed by atoms with Gasteiger partial charge in [-0.1, -0.05) is 60.7 Å². The van der Waals surface area contributed by atoms with Gasteiger partial charge >= 0.3 is 6.09 Å². The number of rotatable bonds is 3. The minimum Gasteiger partial charge on any atom is -0.448 e. The van der Waals surface area contributed by atoms with Crippen LogP contribution in [-0.2, 0) is 4.74 Å². The van der Waals surface area contributed by atoms with Gasteiger partial charge in [-0.25, -0.2) is 9.78 Å². The summed E-state index contributed by atoms with van der Waals surface area (Å²) in [5, 5.41) is 0. The molecule has 1 atom stereocenters. The summed E-state index contributed by atoms with van der Waals surface area (Å²) in [4.78, 5) is 19.4. The first-order valence-corrected chi connectivity index (χ1v) is 10.8. The number of carbonyl (C=O) groups is 1. The standard InChI is InChI=1S/C26H22N2O3/c29-26(28-15-7-13-23(28)25-27-22-12-5-6-14-24(22)31-25)30-16-21-19-10-3-1-8-17(19)18-9-2-4-11-20(18)21/h1-6,8-12,14,21,23H,7,13,15-16H2/t23-/m0/s1. The number of benzene rings is 3. The van der Waals surface area contributed by atoms with Crippen molar-refractivity contribution in [3.63, 3.8) is 0 Å². The molecule has 2 aliphatic rings. The van der Waals surface area contributed by atoms with Gasteiger partial charge in [-0.15, -0.1) is 0 Å². The lowest BCUT2D eigenvalue weighted by Crippen LogP contribution is -2.32. The first-order chi connectivity index (χ1) is 15.3. The predicted molar refractivity (Wildman–Crippen MR) is 118 cm³/mol. The lowest BCUT2D eigenvalue weighted by atomic mass is 9.98. The smallest absolute Gasteiger partial charge is 0.410 e. The predicted octanol–water partition coefficient (Wildman–Crippen LogP) is 5.91. The van der Waals surface area contributed by atoms with Crippen molar-refractivity contribution >= 4 is 17.2 Å². The Morgan fingerprint density at radius 3 is 2.39 bits per heavy atom. The Hall–Kier alpha value is -3.60. The van der Waals surface area contributed by atoms with Gasteiger partial charge in [0.05, 0.1) is 0 Å². The molecule has 4 aromatic rings. The van der Waals surface area contributed by atoms with Crippen molar-refractivity contribution in [3.8, 4) is 11.1 Å². The number of oxazole rings is 1. The van der Waals surface area contributed by atoms with Crippen LogP contribution in [0.25, 0.3) is 22.2 Å². The molecule has 0 bridgehead atoms. The van der Waals surface area contributed by atoms with Crippen LogP contribution in [0.4, 0.5) is 4.79 Å². The van der Waals surface area contributed by atoms with E-state index in [4.69, 9.17) is 9.15 Å². The van der Waals surface area contributed by atoms with Crippen LogP contribution in [0.5, 0.6) is 0 Å². The second-order valence-electron chi connectivity index (χ2n) is 8.18. The second kappa shape index (κ2) is 7.27. The van der Waals surface area contributed by atoms with Crippen LogP contribution in [-0.4, -0.2) is 29.1 Å². The molecule has 1 saturated heterocycles. The molecule has 154 valence electrons. The van der Waals surface area contributed by atoms with Crippen LogP contribution < -0.4 is 0 Å². The fourth-order valence-corrected chi connectivity index (χ4v) is 4.95. The number of likely N-dealkylation sites (tertiary alicyclic amines) is 1. The quantitative estimate of drug-likeness (QED) is 0.421. The van der Waals surface area contributed by atoms with Crippen LogP contribution in [0.1, 0.15) is 41.8 Å². The minimum absolute atomic E-state index is 0.0572. The number of carbonyl (C=O) groups excluding carboxylic acids is 1. The van der Waals surface area contributed by atoms with Gasteiger partial charge in [0.2, 0.25) is 5.89 Å². The molecule has 1 fully saturated rings. The third-order valence-corrected chi connectivity index (χ3v) is 6.42. The zero-order chi connectivity index (χ0) is 20.8. The van der Waals surface area contributed by atoms with Crippen molar-refractivity contribution in [1.29, 1.82) is 0 Å². The molecule has 2 heterocycles. The van der Waals surface area contributed by atoms with Gasteiger partial charge < -0.3 is 9.15 Å². The van der Waals surface area contributed by atoms with Gasteiger partial charge in [0.1, 0.15) is 18.2 Å². The highest BCUT2D eigenvalue weighted by atomic mass is 16.6. The van der Waals surface area contributed by atoms with E-state index in [0.29, 0.717) is 19.0 Å². The molecule has 6 rings (SSSR count). The second-order valence-corrected chi connectivity index (χ2v) is 8.18. The molecule has 0 unspecified atom stereocenters. The molecule has 5 nitrogen and oxygen atoms in total. The van der Waals surface area contributed by atoms with Crippen LogP contribution in [0.15, 0.2) is 77.2 Å². The molecule has 1 aliphatic heterocycles. The summed E-state index contributed by atoms with van der Waals surface area (Å²) in [6.07, 6.45) is 1.44. The van der Waals surface area contributed by atoms with Crippen molar-refractivity contribution in [2.45, 2.75) is 24.8 Å². The number of amides is 1. The summed E-state index contributed by atoms with van der Waals surface area (Å²) < 4.78 is 11.8. The summed E-state index contributed by atoms with van der Waals surface area (Å²) in [6.45, 7) is 0.976. The fourth-order valence-electron chi connectivity index (χ4n) is 4.95. The van der Waals surface area contributed by atoms with Gasteiger partial charge in [-0.3, -0.25) is 4.90 Å². The Kier molecular flexibility index (Phi) is 4.27. The summed E-state index contributed by atoms with van der Waals surface area (Å²) >= 11 is 0. The largest absolute Gasteiger partial charge is 0.448 e. The zero-order valence-corrected chi connectivity index (χ0v) is 17.0. The molecule has 0 spiro atoms. The van der Waals surface area contributed by atoms with Gasteiger partial charge in [-0.05, 0) is 47.2 Å². The third-order valence-electron chi connectivity index (χ3n) is 6.42. The molecule has 1 aromatic heterocycles. The highest BCUT2D eigenvalue weighted by Crippen LogP contribution is 2.44. The maximum absolute atomic E-state index is 13.1. The number of ether oxygens (including phenoxy) is 1. The lowest BCUT2D eigenvalue weighted by Gasteiger charge is -2.23. The van der Waals surface area contributed by atoms with Crippen LogP contribution in [0.2, 0.25) is 0 Å². The fraction of sp³-hybridized carbons (Fsp3) is 0.231. The normalized spacial score (nSPS) is 17.7. The Morgan fingerprint density at radius 2 is 1.65 bits per heavy atom. The Bertz CT molecular complexity index is 1200. The topological polar surface area (TPSA) is 55.6 Å². The number of aromatic nitrogens is 1. The van der Waals surface area contributed by atoms with E-state index in [1.807, 2.05) is 36.4 Å². The van der Waals surface area contributed by atoms with Crippen LogP contribution >= 0.6 is 0 Å². The van der Waals surface area contributed by atoms with Crippen molar-refractivity contribution in [2.75, 3.05) is 13.2 Å². The molecule has 0 saturated carbocycles. The monoisotopic (exact) mass is 410 g/mol. The van der Waals surface area contributed by atoms with Gasteiger partial charge in [0, 0.05) is 12.5 Å². The number of nitrogens with zero attached hydrogens (tertiary/aromatic N) is 2. The van der Waals surface area contributed by atoms with Crippen molar-refractivity contribution in [3.05, 3.63) is 89.8 Å². The maximum Gasteiger partial charge on any atom is 0.410 e. The van der Waals surface area contributed by atoms with E-state index in [-0.39, 0.29) is 18.1 Å². The van der Waals surface area contributed by atoms with E-state index < -0.39 is 0 Å². The average Bonchev–Trinajstić information content (AvgIpc) is 3.53. The molecule has 31 heavy (non-hydrogen) atoms. The summed E-state index contributed by atoms with van der Waals surface area (Å²) in [5.74, 6) is 0.647. The van der Waals surface area contributed by atoms with Crippen molar-refractivity contribution < 1.29 is 13.9 Å². The highest BCUT2D eigenvalue weighted by Gasteiger charge is 2.36. The maximum atomic E-state index is 13.1. The molecule has 0 N–H and O–H groups in total. The van der Waals surface area contributed by atoms with E-state index in [0.717, 1.165) is 23.9 Å². The number of hydrogen-bond donors (Lipinski definition) is 0. The molecule has 5 heteroatoms. The Labute approximate surface area is 180 Å². The van der Waals surface area contributed by atoms with Crippen LogP contribution in [0, 0.1) is 0 Å². The summed E-state index contributed by atoms with van der Waals surface area (Å²) in [7, 11) is 0. The minimum atomic E-state index is -0.299. The molecule has 1 amide bonds. The molecular formula is C26H22N2O3. The Balaban J connectivity index is 1.22. The van der Waals surface area contributed by atoms with Gasteiger partial charge in [0.15, 0.2) is 5.58 Å². The summed E-state index contributed by atoms with van der Waals surface area (Å²) in [5.41, 5.74) is 6.45. The van der Waals surface area contributed by atoms with E-state index >= 15 is 0 Å². The first-order valence-electron chi connectivity index (χ1n) is 10.8. The van der Waals surface area contributed by atoms with E-state index in [9.17, 15) is 4.79 Å². The average molecular weight is 410 g/mol. The van der Waals surface area contributed by atoms with E-state index in [1.54, 1.807) is 4.90 Å². The third kappa shape index (κ3) is 3.00. The molecule has 0 radical (unpaired) electrons. The number of para-hydroxylation sites is 2. The molecule has 1 aliphatic carbocycles. The molecule has 3 aromatic carbocycles. The molecular weight excluding hydrogens is 388 g/mol. The van der Waals surface area contributed by atoms with Crippen molar-refractivity contribution in [1.82, 2.24) is 9.88 Å².